The zero-order valence-electron chi connectivity index (χ0n) is 15.8. The molecule has 1 heterocycles. The second kappa shape index (κ2) is 8.76. The number of hydrogen-bond donors (Lipinski definition) is 1. The predicted octanol–water partition coefficient (Wildman–Crippen LogP) is 5.04. The predicted molar refractivity (Wildman–Crippen MR) is 118 cm³/mol. The van der Waals surface area contributed by atoms with E-state index in [4.69, 9.17) is 11.6 Å². The molecule has 0 saturated carbocycles. The standard InChI is InChI=1S/C24H20ClN3O/c25-22-12-6-4-10-19(22)16-28-17-20(21-11-5-7-13-23(21)28)15-26-27-24(29)14-18-8-2-1-3-9-18/h1-13,15,17H,14,16H2,(H,27,29)/b26-15-. The molecule has 0 aliphatic heterocycles. The molecule has 4 nitrogen and oxygen atoms in total. The van der Waals surface area contributed by atoms with Crippen molar-refractivity contribution in [2.24, 2.45) is 5.10 Å². The average Bonchev–Trinajstić information content (AvgIpc) is 3.08. The third-order valence-electron chi connectivity index (χ3n) is 4.72. The van der Waals surface area contributed by atoms with Crippen molar-refractivity contribution in [1.29, 1.82) is 0 Å². The Morgan fingerprint density at radius 1 is 0.966 bits per heavy atom. The normalized spacial score (nSPS) is 11.2. The number of rotatable bonds is 6. The first-order valence-electron chi connectivity index (χ1n) is 9.38. The fourth-order valence-electron chi connectivity index (χ4n) is 3.31. The Hall–Kier alpha value is -3.37. The van der Waals surface area contributed by atoms with Crippen LogP contribution in [0, 0.1) is 0 Å². The summed E-state index contributed by atoms with van der Waals surface area (Å²) in [5, 5.41) is 5.98. The number of para-hydroxylation sites is 1. The molecule has 0 saturated heterocycles. The van der Waals surface area contributed by atoms with Crippen molar-refractivity contribution in [2.45, 2.75) is 13.0 Å². The maximum atomic E-state index is 12.1. The number of amides is 1. The number of fused-ring (bicyclic) bond motifs is 1. The molecule has 5 heteroatoms. The van der Waals surface area contributed by atoms with Crippen molar-refractivity contribution in [3.05, 3.63) is 107 Å². The largest absolute Gasteiger partial charge is 0.342 e. The second-order valence-electron chi connectivity index (χ2n) is 6.78. The molecule has 0 fully saturated rings. The lowest BCUT2D eigenvalue weighted by atomic mass is 10.1. The lowest BCUT2D eigenvalue weighted by molar-refractivity contribution is -0.120. The Labute approximate surface area is 174 Å². The van der Waals surface area contributed by atoms with Crippen LogP contribution in [0.4, 0.5) is 0 Å². The van der Waals surface area contributed by atoms with E-state index in [0.29, 0.717) is 13.0 Å². The van der Waals surface area contributed by atoms with Crippen molar-refractivity contribution in [3.63, 3.8) is 0 Å². The zero-order valence-corrected chi connectivity index (χ0v) is 16.5. The molecule has 29 heavy (non-hydrogen) atoms. The summed E-state index contributed by atoms with van der Waals surface area (Å²) >= 11 is 6.33. The van der Waals surface area contributed by atoms with Crippen LogP contribution in [0.3, 0.4) is 0 Å². The van der Waals surface area contributed by atoms with Crippen LogP contribution >= 0.6 is 11.6 Å². The van der Waals surface area contributed by atoms with Gasteiger partial charge in [0, 0.05) is 34.2 Å². The lowest BCUT2D eigenvalue weighted by Gasteiger charge is -2.07. The van der Waals surface area contributed by atoms with E-state index in [2.05, 4.69) is 21.2 Å². The van der Waals surface area contributed by atoms with Gasteiger partial charge in [0.25, 0.3) is 0 Å². The van der Waals surface area contributed by atoms with Crippen LogP contribution in [0.15, 0.2) is 90.2 Å². The van der Waals surface area contributed by atoms with Gasteiger partial charge in [0.15, 0.2) is 0 Å². The van der Waals surface area contributed by atoms with Crippen LogP contribution in [0.25, 0.3) is 10.9 Å². The number of hydrogen-bond acceptors (Lipinski definition) is 2. The Balaban J connectivity index is 1.52. The SMILES string of the molecule is O=C(Cc1ccccc1)N/N=C\c1cn(Cc2ccccc2Cl)c2ccccc12. The van der Waals surface area contributed by atoms with Gasteiger partial charge in [0.05, 0.1) is 12.6 Å². The first kappa shape index (κ1) is 19.0. The Kier molecular flexibility index (Phi) is 5.73. The summed E-state index contributed by atoms with van der Waals surface area (Å²) in [5.74, 6) is -0.146. The van der Waals surface area contributed by atoms with Gasteiger partial charge in [-0.05, 0) is 23.3 Å². The van der Waals surface area contributed by atoms with Crippen LogP contribution in [-0.2, 0) is 17.8 Å². The van der Waals surface area contributed by atoms with Gasteiger partial charge >= 0.3 is 0 Å². The number of benzene rings is 3. The summed E-state index contributed by atoms with van der Waals surface area (Å²) in [7, 11) is 0. The summed E-state index contributed by atoms with van der Waals surface area (Å²) in [6, 6.07) is 25.6. The van der Waals surface area contributed by atoms with Crippen molar-refractivity contribution in [1.82, 2.24) is 9.99 Å². The number of carbonyl (C=O) groups is 1. The van der Waals surface area contributed by atoms with Crippen LogP contribution in [0.2, 0.25) is 5.02 Å². The molecule has 0 atom stereocenters. The van der Waals surface area contributed by atoms with Crippen molar-refractivity contribution >= 4 is 34.6 Å². The highest BCUT2D eigenvalue weighted by Gasteiger charge is 2.09. The molecule has 1 amide bonds. The topological polar surface area (TPSA) is 46.4 Å². The Morgan fingerprint density at radius 3 is 2.52 bits per heavy atom. The van der Waals surface area contributed by atoms with Gasteiger partial charge in [-0.2, -0.15) is 5.10 Å². The summed E-state index contributed by atoms with van der Waals surface area (Å²) in [6.45, 7) is 0.661. The smallest absolute Gasteiger partial charge is 0.244 e. The fourth-order valence-corrected chi connectivity index (χ4v) is 3.51. The molecule has 0 bridgehead atoms. The molecule has 0 spiro atoms. The number of hydrazone groups is 1. The number of halogens is 1. The molecular formula is C24H20ClN3O. The van der Waals surface area contributed by atoms with E-state index in [9.17, 15) is 4.79 Å². The summed E-state index contributed by atoms with van der Waals surface area (Å²) in [4.78, 5) is 12.1. The quantitative estimate of drug-likeness (QED) is 0.357. The molecule has 1 aromatic heterocycles. The molecule has 3 aromatic carbocycles. The van der Waals surface area contributed by atoms with E-state index in [0.717, 1.165) is 32.6 Å². The van der Waals surface area contributed by atoms with Crippen LogP contribution in [0.5, 0.6) is 0 Å². The van der Waals surface area contributed by atoms with Gasteiger partial charge in [-0.25, -0.2) is 5.43 Å². The van der Waals surface area contributed by atoms with E-state index in [1.165, 1.54) is 0 Å². The van der Waals surface area contributed by atoms with Gasteiger partial charge in [-0.1, -0.05) is 78.3 Å². The van der Waals surface area contributed by atoms with Crippen molar-refractivity contribution in [3.8, 4) is 0 Å². The van der Waals surface area contributed by atoms with Crippen molar-refractivity contribution < 1.29 is 4.79 Å². The molecule has 0 aliphatic rings. The summed E-state index contributed by atoms with van der Waals surface area (Å²) < 4.78 is 2.14. The Morgan fingerprint density at radius 2 is 1.69 bits per heavy atom. The summed E-state index contributed by atoms with van der Waals surface area (Å²) in [6.07, 6.45) is 4.02. The maximum Gasteiger partial charge on any atom is 0.244 e. The first-order valence-corrected chi connectivity index (χ1v) is 9.75. The third kappa shape index (κ3) is 4.55. The number of nitrogens with zero attached hydrogens (tertiary/aromatic N) is 2. The number of carbonyl (C=O) groups excluding carboxylic acids is 1. The number of nitrogens with one attached hydrogen (secondary N) is 1. The van der Waals surface area contributed by atoms with Crippen LogP contribution in [-0.4, -0.2) is 16.7 Å². The zero-order chi connectivity index (χ0) is 20.1. The van der Waals surface area contributed by atoms with Gasteiger partial charge < -0.3 is 4.57 Å². The molecule has 0 radical (unpaired) electrons. The van der Waals surface area contributed by atoms with Gasteiger partial charge in [-0.3, -0.25) is 4.79 Å². The Bertz CT molecular complexity index is 1170. The first-order chi connectivity index (χ1) is 14.2. The van der Waals surface area contributed by atoms with E-state index < -0.39 is 0 Å². The third-order valence-corrected chi connectivity index (χ3v) is 5.09. The highest BCUT2D eigenvalue weighted by Crippen LogP contribution is 2.23. The minimum Gasteiger partial charge on any atom is -0.342 e. The molecule has 0 aliphatic carbocycles. The molecular weight excluding hydrogens is 382 g/mol. The summed E-state index contributed by atoms with van der Waals surface area (Å²) in [5.41, 5.74) is 6.64. The number of aromatic nitrogens is 1. The minimum atomic E-state index is -0.146. The monoisotopic (exact) mass is 401 g/mol. The molecule has 4 rings (SSSR count). The molecule has 144 valence electrons. The van der Waals surface area contributed by atoms with Gasteiger partial charge in [0.1, 0.15) is 0 Å². The highest BCUT2D eigenvalue weighted by atomic mass is 35.5. The lowest BCUT2D eigenvalue weighted by Crippen LogP contribution is -2.19. The highest BCUT2D eigenvalue weighted by molar-refractivity contribution is 6.31. The minimum absolute atomic E-state index is 0.146. The van der Waals surface area contributed by atoms with E-state index in [1.807, 2.05) is 79.0 Å². The van der Waals surface area contributed by atoms with E-state index in [1.54, 1.807) is 6.21 Å². The molecule has 4 aromatic rings. The van der Waals surface area contributed by atoms with Crippen LogP contribution < -0.4 is 5.43 Å². The van der Waals surface area contributed by atoms with E-state index >= 15 is 0 Å². The molecule has 0 unspecified atom stereocenters. The van der Waals surface area contributed by atoms with E-state index in [-0.39, 0.29) is 5.91 Å². The maximum absolute atomic E-state index is 12.1. The molecule has 1 N–H and O–H groups in total. The average molecular weight is 402 g/mol. The second-order valence-corrected chi connectivity index (χ2v) is 7.18. The van der Waals surface area contributed by atoms with Crippen LogP contribution in [0.1, 0.15) is 16.7 Å². The van der Waals surface area contributed by atoms with Crippen molar-refractivity contribution in [2.75, 3.05) is 0 Å². The van der Waals surface area contributed by atoms with Gasteiger partial charge in [-0.15, -0.1) is 0 Å². The fraction of sp³-hybridized carbons (Fsp3) is 0.0833. The van der Waals surface area contributed by atoms with Gasteiger partial charge in [0.2, 0.25) is 5.91 Å².